The van der Waals surface area contributed by atoms with E-state index in [1.165, 1.54) is 12.1 Å². The SMILES string of the molecule is Cc1cc(Nc2cc(C(=O)C(C)C)c(F)c(C[C@@]3(C(=O)OC(C)(C)C)CCN(Cc4cccc(Cl)c4F)[C@H](C)C3)n2)nn1C(C)(C)C. The maximum absolute atomic E-state index is 16.3. The largest absolute Gasteiger partial charge is 0.460 e. The van der Waals surface area contributed by atoms with Crippen LogP contribution in [0, 0.1) is 29.9 Å². The van der Waals surface area contributed by atoms with Crippen LogP contribution in [0.3, 0.4) is 0 Å². The quantitative estimate of drug-likeness (QED) is 0.180. The summed E-state index contributed by atoms with van der Waals surface area (Å²) in [5.41, 5.74) is -0.922. The molecule has 47 heavy (non-hydrogen) atoms. The number of ketones is 1. The van der Waals surface area contributed by atoms with E-state index in [4.69, 9.17) is 16.3 Å². The molecule has 0 amide bonds. The third-order valence-corrected chi connectivity index (χ3v) is 8.82. The Kier molecular flexibility index (Phi) is 10.6. The van der Waals surface area contributed by atoms with Crippen LogP contribution in [0.15, 0.2) is 30.3 Å². The monoisotopic (exact) mass is 671 g/mol. The highest BCUT2D eigenvalue weighted by atomic mass is 35.5. The van der Waals surface area contributed by atoms with E-state index in [0.29, 0.717) is 37.3 Å². The van der Waals surface area contributed by atoms with Gasteiger partial charge in [0.1, 0.15) is 17.2 Å². The zero-order chi connectivity index (χ0) is 35.1. The number of hydrogen-bond acceptors (Lipinski definition) is 7. The van der Waals surface area contributed by atoms with Crippen molar-refractivity contribution in [3.63, 3.8) is 0 Å². The van der Waals surface area contributed by atoms with Crippen LogP contribution in [0.5, 0.6) is 0 Å². The van der Waals surface area contributed by atoms with Gasteiger partial charge in [-0.15, -0.1) is 0 Å². The lowest BCUT2D eigenvalue weighted by atomic mass is 9.71. The van der Waals surface area contributed by atoms with Crippen LogP contribution >= 0.6 is 11.6 Å². The molecule has 1 aromatic carbocycles. The summed E-state index contributed by atoms with van der Waals surface area (Å²) in [6.07, 6.45) is 0.544. The summed E-state index contributed by atoms with van der Waals surface area (Å²) in [4.78, 5) is 34.0. The summed E-state index contributed by atoms with van der Waals surface area (Å²) in [5.74, 6) is -1.75. The van der Waals surface area contributed by atoms with Gasteiger partial charge in [-0.25, -0.2) is 13.8 Å². The van der Waals surface area contributed by atoms with Gasteiger partial charge in [0, 0.05) is 42.2 Å². The molecule has 1 fully saturated rings. The van der Waals surface area contributed by atoms with Crippen molar-refractivity contribution in [2.75, 3.05) is 11.9 Å². The number of nitrogens with one attached hydrogen (secondary N) is 1. The maximum Gasteiger partial charge on any atom is 0.313 e. The minimum Gasteiger partial charge on any atom is -0.460 e. The van der Waals surface area contributed by atoms with Crippen LogP contribution in [0.2, 0.25) is 5.02 Å². The smallest absolute Gasteiger partial charge is 0.313 e. The van der Waals surface area contributed by atoms with Gasteiger partial charge in [0.15, 0.2) is 17.4 Å². The first-order valence-corrected chi connectivity index (χ1v) is 16.6. The normalized spacial score (nSPS) is 19.2. The molecule has 0 unspecified atom stereocenters. The van der Waals surface area contributed by atoms with Gasteiger partial charge >= 0.3 is 5.97 Å². The standard InChI is InChI=1S/C36H48ClF2N5O3/c1-21(2)32(45)25-17-28(41-29-16-22(3)44(42-29)34(5,6)7)40-27(31(25)39)19-36(33(46)47-35(8,9)10)14-15-43(23(4)18-36)20-24-12-11-13-26(37)30(24)38/h11-13,16-17,21,23H,14-15,18-20H2,1-10H3,(H,40,41,42)/t23-,36-/m1/s1. The van der Waals surface area contributed by atoms with E-state index in [1.807, 2.05) is 45.4 Å². The van der Waals surface area contributed by atoms with Crippen molar-refractivity contribution in [2.45, 2.75) is 112 Å². The average molecular weight is 672 g/mol. The molecular formula is C36H48ClF2N5O3. The van der Waals surface area contributed by atoms with Gasteiger partial charge in [0.05, 0.1) is 27.2 Å². The number of carbonyl (C=O) groups is 2. The van der Waals surface area contributed by atoms with Crippen molar-refractivity contribution >= 4 is 35.0 Å². The highest BCUT2D eigenvalue weighted by Gasteiger charge is 2.47. The van der Waals surface area contributed by atoms with Crippen molar-refractivity contribution in [1.82, 2.24) is 19.7 Å². The topological polar surface area (TPSA) is 89.3 Å². The average Bonchev–Trinajstić information content (AvgIpc) is 3.33. The van der Waals surface area contributed by atoms with Gasteiger partial charge in [-0.2, -0.15) is 5.10 Å². The van der Waals surface area contributed by atoms with E-state index in [-0.39, 0.29) is 45.9 Å². The van der Waals surface area contributed by atoms with Crippen molar-refractivity contribution in [3.05, 3.63) is 69.5 Å². The van der Waals surface area contributed by atoms with E-state index in [9.17, 15) is 14.0 Å². The van der Waals surface area contributed by atoms with Crippen LogP contribution in [0.4, 0.5) is 20.4 Å². The van der Waals surface area contributed by atoms with E-state index in [0.717, 1.165) is 5.69 Å². The maximum atomic E-state index is 16.3. The Labute approximate surface area is 282 Å². The van der Waals surface area contributed by atoms with Crippen LogP contribution in [-0.2, 0) is 28.0 Å². The van der Waals surface area contributed by atoms with Gasteiger partial charge in [0.25, 0.3) is 0 Å². The number of hydrogen-bond donors (Lipinski definition) is 1. The molecule has 2 aromatic heterocycles. The number of halogens is 3. The van der Waals surface area contributed by atoms with Crippen LogP contribution < -0.4 is 5.32 Å². The fourth-order valence-electron chi connectivity index (χ4n) is 6.22. The summed E-state index contributed by atoms with van der Waals surface area (Å²) in [6.45, 7) is 19.6. The lowest BCUT2D eigenvalue weighted by Crippen LogP contribution is -2.51. The number of likely N-dealkylation sites (tertiary alicyclic amines) is 1. The number of ether oxygens (including phenoxy) is 1. The summed E-state index contributed by atoms with van der Waals surface area (Å²) in [5, 5.41) is 7.90. The molecule has 0 spiro atoms. The number of carbonyl (C=O) groups excluding carboxylic acids is 2. The second-order valence-corrected chi connectivity index (χ2v) is 15.6. The first-order chi connectivity index (χ1) is 21.7. The Hall–Kier alpha value is -3.37. The summed E-state index contributed by atoms with van der Waals surface area (Å²) in [7, 11) is 0. The second kappa shape index (κ2) is 13.6. The van der Waals surface area contributed by atoms with E-state index >= 15 is 4.39 Å². The minimum atomic E-state index is -1.15. The van der Waals surface area contributed by atoms with E-state index < -0.39 is 34.5 Å². The van der Waals surface area contributed by atoms with Gasteiger partial charge in [-0.3, -0.25) is 19.2 Å². The lowest BCUT2D eigenvalue weighted by molar-refractivity contribution is -0.172. The third-order valence-electron chi connectivity index (χ3n) is 8.52. The third kappa shape index (κ3) is 8.38. The Bertz CT molecular complexity index is 1640. The number of anilines is 2. The Morgan fingerprint density at radius 2 is 1.79 bits per heavy atom. The number of pyridine rings is 1. The number of rotatable bonds is 9. The number of aryl methyl sites for hydroxylation is 1. The number of esters is 1. The molecule has 0 radical (unpaired) electrons. The van der Waals surface area contributed by atoms with Crippen molar-refractivity contribution in [2.24, 2.45) is 11.3 Å². The second-order valence-electron chi connectivity index (χ2n) is 15.2. The molecule has 0 saturated carbocycles. The number of nitrogens with zero attached hydrogens (tertiary/aromatic N) is 4. The molecule has 0 bridgehead atoms. The van der Waals surface area contributed by atoms with Crippen LogP contribution in [-0.4, -0.2) is 49.6 Å². The lowest BCUT2D eigenvalue weighted by Gasteiger charge is -2.45. The van der Waals surface area contributed by atoms with Crippen molar-refractivity contribution in [3.8, 4) is 0 Å². The summed E-state index contributed by atoms with van der Waals surface area (Å²) < 4.78 is 39.0. The van der Waals surface area contributed by atoms with E-state index in [1.54, 1.807) is 46.8 Å². The molecule has 0 aliphatic carbocycles. The molecule has 3 aromatic rings. The summed E-state index contributed by atoms with van der Waals surface area (Å²) >= 11 is 6.04. The molecule has 1 aliphatic heterocycles. The molecule has 4 rings (SSSR count). The highest BCUT2D eigenvalue weighted by molar-refractivity contribution is 6.30. The Morgan fingerprint density at radius 3 is 2.36 bits per heavy atom. The van der Waals surface area contributed by atoms with Crippen molar-refractivity contribution < 1.29 is 23.1 Å². The van der Waals surface area contributed by atoms with Gasteiger partial charge in [-0.1, -0.05) is 37.6 Å². The van der Waals surface area contributed by atoms with Gasteiger partial charge < -0.3 is 10.1 Å². The molecule has 256 valence electrons. The zero-order valence-electron chi connectivity index (χ0n) is 29.2. The predicted octanol–water partition coefficient (Wildman–Crippen LogP) is 8.41. The molecule has 11 heteroatoms. The van der Waals surface area contributed by atoms with Crippen LogP contribution in [0.25, 0.3) is 0 Å². The fourth-order valence-corrected chi connectivity index (χ4v) is 6.42. The van der Waals surface area contributed by atoms with Gasteiger partial charge in [0.2, 0.25) is 0 Å². The predicted molar refractivity (Wildman–Crippen MR) is 181 cm³/mol. The Balaban J connectivity index is 1.74. The number of benzene rings is 1. The van der Waals surface area contributed by atoms with Crippen LogP contribution in [0.1, 0.15) is 102 Å². The number of Topliss-reactive ketones (excluding diaryl/α,β-unsaturated/α-hetero) is 1. The highest BCUT2D eigenvalue weighted by Crippen LogP contribution is 2.42. The fraction of sp³-hybridized carbons (Fsp3) is 0.556. The number of aromatic nitrogens is 3. The summed E-state index contributed by atoms with van der Waals surface area (Å²) in [6, 6.07) is 8.00. The minimum absolute atomic E-state index is 0.00151. The van der Waals surface area contributed by atoms with E-state index in [2.05, 4.69) is 20.3 Å². The zero-order valence-corrected chi connectivity index (χ0v) is 30.0. The van der Waals surface area contributed by atoms with Crippen molar-refractivity contribution in [1.29, 1.82) is 0 Å². The molecular weight excluding hydrogens is 624 g/mol. The molecule has 8 nitrogen and oxygen atoms in total. The first-order valence-electron chi connectivity index (χ1n) is 16.2. The first kappa shape index (κ1) is 36.5. The molecule has 1 N–H and O–H groups in total. The molecule has 1 saturated heterocycles. The molecule has 1 aliphatic rings. The molecule has 3 heterocycles. The number of piperidine rings is 1. The molecule has 2 atom stereocenters. The van der Waals surface area contributed by atoms with Gasteiger partial charge in [-0.05, 0) is 86.9 Å². The Morgan fingerprint density at radius 1 is 1.11 bits per heavy atom.